The molecule has 0 aromatic carbocycles. The highest BCUT2D eigenvalue weighted by atomic mass is 16.3. The molecule has 4 aliphatic carbocycles. The van der Waals surface area contributed by atoms with Gasteiger partial charge in [-0.2, -0.15) is 0 Å². The van der Waals surface area contributed by atoms with E-state index < -0.39 is 0 Å². The Morgan fingerprint density at radius 2 is 1.72 bits per heavy atom. The van der Waals surface area contributed by atoms with Crippen LogP contribution < -0.4 is 5.73 Å². The molecule has 0 saturated heterocycles. The number of aliphatic hydroxyl groups excluding tert-OH is 1. The average molecular weight is 401 g/mol. The van der Waals surface area contributed by atoms with Gasteiger partial charge in [0.25, 0.3) is 0 Å². The lowest BCUT2D eigenvalue weighted by Crippen LogP contribution is -2.49. The summed E-state index contributed by atoms with van der Waals surface area (Å²) in [4.78, 5) is 2.45. The Morgan fingerprint density at radius 1 is 1.07 bits per heavy atom. The van der Waals surface area contributed by atoms with Gasteiger partial charge in [-0.3, -0.25) is 0 Å². The van der Waals surface area contributed by atoms with Gasteiger partial charge in [0.1, 0.15) is 0 Å². The third-order valence-electron chi connectivity index (χ3n) is 10.2. The monoisotopic (exact) mass is 400 g/mol. The van der Waals surface area contributed by atoms with Crippen molar-refractivity contribution in [2.45, 2.75) is 91.3 Å². The molecule has 0 radical (unpaired) electrons. The van der Waals surface area contributed by atoms with E-state index in [1.165, 1.54) is 25.7 Å². The summed E-state index contributed by atoms with van der Waals surface area (Å²) in [5.41, 5.74) is 10.2. The fraction of sp³-hybridized carbons (Fsp3) is 0.846. The van der Waals surface area contributed by atoms with E-state index in [0.717, 1.165) is 12.8 Å². The van der Waals surface area contributed by atoms with Crippen LogP contribution in [0.2, 0.25) is 0 Å². The smallest absolute Gasteiger partial charge is 0.0594 e. The molecule has 3 nitrogen and oxygen atoms in total. The topological polar surface area (TPSA) is 49.5 Å². The van der Waals surface area contributed by atoms with E-state index in [0.29, 0.717) is 23.3 Å². The van der Waals surface area contributed by atoms with E-state index in [1.807, 2.05) is 0 Å². The highest BCUT2D eigenvalue weighted by Crippen LogP contribution is 2.67. The third-order valence-corrected chi connectivity index (χ3v) is 10.2. The maximum Gasteiger partial charge on any atom is 0.0594 e. The zero-order valence-corrected chi connectivity index (χ0v) is 19.8. The lowest BCUT2D eigenvalue weighted by molar-refractivity contribution is -0.00379. The molecule has 2 saturated carbocycles. The van der Waals surface area contributed by atoms with Gasteiger partial charge in [0, 0.05) is 18.0 Å². The minimum atomic E-state index is -0.273. The summed E-state index contributed by atoms with van der Waals surface area (Å²) in [5, 5.41) is 11.0. The zero-order chi connectivity index (χ0) is 21.4. The van der Waals surface area contributed by atoms with Gasteiger partial charge in [0.2, 0.25) is 0 Å². The summed E-state index contributed by atoms with van der Waals surface area (Å²) in [5.74, 6) is 1.41. The van der Waals surface area contributed by atoms with Crippen molar-refractivity contribution in [2.75, 3.05) is 14.1 Å². The molecule has 2 fully saturated rings. The SMILES string of the molecule is C[C@H](N)C1[C@H](O)C[C@@]2(C)[C@@H]3CC[C@@H]4C(=CC3=CC[C@]12C)CC[C@H](N(C)C)C4(C)C. The molecule has 4 rings (SSSR count). The largest absolute Gasteiger partial charge is 0.393 e. The van der Waals surface area contributed by atoms with Gasteiger partial charge < -0.3 is 15.7 Å². The van der Waals surface area contributed by atoms with E-state index >= 15 is 0 Å². The van der Waals surface area contributed by atoms with Crippen LogP contribution in [0, 0.1) is 34.0 Å². The Hall–Kier alpha value is -0.640. The number of allylic oxidation sites excluding steroid dienone is 4. The molecule has 4 aliphatic rings. The van der Waals surface area contributed by atoms with Crippen LogP contribution in [-0.2, 0) is 0 Å². The Kier molecular flexibility index (Phi) is 5.16. The van der Waals surface area contributed by atoms with Gasteiger partial charge in [0.15, 0.2) is 0 Å². The number of nitrogens with two attached hydrogens (primary N) is 1. The maximum atomic E-state index is 11.0. The highest BCUT2D eigenvalue weighted by molar-refractivity contribution is 5.37. The van der Waals surface area contributed by atoms with Gasteiger partial charge in [-0.05, 0) is 93.2 Å². The van der Waals surface area contributed by atoms with E-state index in [4.69, 9.17) is 5.73 Å². The molecule has 0 aromatic rings. The van der Waals surface area contributed by atoms with Crippen LogP contribution in [0.1, 0.15) is 73.1 Å². The van der Waals surface area contributed by atoms with Crippen LogP contribution in [0.3, 0.4) is 0 Å². The number of rotatable bonds is 2. The molecule has 29 heavy (non-hydrogen) atoms. The fourth-order valence-corrected chi connectivity index (χ4v) is 8.69. The molecule has 0 heterocycles. The zero-order valence-electron chi connectivity index (χ0n) is 19.8. The first kappa shape index (κ1) is 21.6. The summed E-state index contributed by atoms with van der Waals surface area (Å²) in [6.07, 6.45) is 11.8. The molecule has 0 aromatic heterocycles. The normalized spacial score (nSPS) is 47.4. The van der Waals surface area contributed by atoms with E-state index in [9.17, 15) is 5.11 Å². The Bertz CT molecular complexity index is 720. The van der Waals surface area contributed by atoms with Crippen molar-refractivity contribution in [1.29, 1.82) is 0 Å². The summed E-state index contributed by atoms with van der Waals surface area (Å²) < 4.78 is 0. The first-order valence-corrected chi connectivity index (χ1v) is 11.9. The van der Waals surface area contributed by atoms with Crippen LogP contribution in [0.25, 0.3) is 0 Å². The molecule has 0 spiro atoms. The predicted molar refractivity (Wildman–Crippen MR) is 121 cm³/mol. The lowest BCUT2D eigenvalue weighted by Gasteiger charge is -2.53. The van der Waals surface area contributed by atoms with Crippen LogP contribution in [-0.4, -0.2) is 42.3 Å². The van der Waals surface area contributed by atoms with E-state index in [2.05, 4.69) is 65.8 Å². The van der Waals surface area contributed by atoms with Crippen LogP contribution in [0.5, 0.6) is 0 Å². The van der Waals surface area contributed by atoms with Crippen molar-refractivity contribution in [3.63, 3.8) is 0 Å². The molecule has 1 unspecified atom stereocenters. The van der Waals surface area contributed by atoms with Gasteiger partial charge in [-0.15, -0.1) is 0 Å². The molecule has 0 aliphatic heterocycles. The Labute approximate surface area is 178 Å². The standard InChI is InChI=1S/C26H44N2O/c1-16(27)23-21(29)15-26(5)20-10-9-19-17(14-18(20)12-13-25(23,26)4)8-11-22(28(6)7)24(19,2)3/h12,14,16,19-23,29H,8-11,13,15,27H2,1-7H3/t16-,19+,20+,21+,22-,23?,25+,26-/m0/s1. The maximum absolute atomic E-state index is 11.0. The van der Waals surface area contributed by atoms with Gasteiger partial charge in [0.05, 0.1) is 6.10 Å². The molecule has 0 amide bonds. The third kappa shape index (κ3) is 2.94. The van der Waals surface area contributed by atoms with E-state index in [-0.39, 0.29) is 28.9 Å². The summed E-state index contributed by atoms with van der Waals surface area (Å²) >= 11 is 0. The number of aliphatic hydroxyl groups is 1. The van der Waals surface area contributed by atoms with Gasteiger partial charge in [-0.1, -0.05) is 45.4 Å². The average Bonchev–Trinajstić information content (AvgIpc) is 2.71. The minimum absolute atomic E-state index is 0.0401. The van der Waals surface area contributed by atoms with Crippen molar-refractivity contribution in [3.05, 3.63) is 23.3 Å². The molecular weight excluding hydrogens is 356 g/mol. The molecule has 164 valence electrons. The first-order chi connectivity index (χ1) is 13.4. The molecule has 0 bridgehead atoms. The summed E-state index contributed by atoms with van der Waals surface area (Å²) in [6.45, 7) is 12.0. The Balaban J connectivity index is 1.71. The quantitative estimate of drug-likeness (QED) is 0.702. The second-order valence-corrected chi connectivity index (χ2v) is 12.1. The van der Waals surface area contributed by atoms with Crippen molar-refractivity contribution in [2.24, 2.45) is 39.7 Å². The predicted octanol–water partition coefficient (Wildman–Crippen LogP) is 4.76. The van der Waals surface area contributed by atoms with Crippen LogP contribution in [0.4, 0.5) is 0 Å². The number of nitrogens with zero attached hydrogens (tertiary/aromatic N) is 1. The summed E-state index contributed by atoms with van der Waals surface area (Å²) in [7, 11) is 4.50. The van der Waals surface area contributed by atoms with Crippen molar-refractivity contribution in [1.82, 2.24) is 4.90 Å². The molecule has 3 heteroatoms. The second kappa shape index (κ2) is 6.93. The highest BCUT2D eigenvalue weighted by Gasteiger charge is 2.63. The summed E-state index contributed by atoms with van der Waals surface area (Å²) in [6, 6.07) is 0.689. The first-order valence-electron chi connectivity index (χ1n) is 11.9. The second-order valence-electron chi connectivity index (χ2n) is 12.1. The molecular formula is C26H44N2O. The molecule has 3 N–H and O–H groups in total. The van der Waals surface area contributed by atoms with Crippen molar-refractivity contribution < 1.29 is 5.11 Å². The van der Waals surface area contributed by atoms with Gasteiger partial charge in [-0.25, -0.2) is 0 Å². The van der Waals surface area contributed by atoms with Crippen LogP contribution in [0.15, 0.2) is 23.3 Å². The lowest BCUT2D eigenvalue weighted by atomic mass is 9.51. The fourth-order valence-electron chi connectivity index (χ4n) is 8.69. The molecule has 8 atom stereocenters. The number of fused-ring (bicyclic) bond motifs is 4. The van der Waals surface area contributed by atoms with Gasteiger partial charge >= 0.3 is 0 Å². The van der Waals surface area contributed by atoms with Crippen LogP contribution >= 0.6 is 0 Å². The van der Waals surface area contributed by atoms with Crippen molar-refractivity contribution in [3.8, 4) is 0 Å². The minimum Gasteiger partial charge on any atom is -0.393 e. The Morgan fingerprint density at radius 3 is 2.34 bits per heavy atom. The van der Waals surface area contributed by atoms with Crippen molar-refractivity contribution >= 4 is 0 Å². The number of hydrogen-bond acceptors (Lipinski definition) is 3. The number of hydrogen-bond donors (Lipinski definition) is 2. The van der Waals surface area contributed by atoms with E-state index in [1.54, 1.807) is 11.1 Å².